The summed E-state index contributed by atoms with van der Waals surface area (Å²) in [4.78, 5) is 37.6. The van der Waals surface area contributed by atoms with Crippen molar-refractivity contribution in [1.29, 1.82) is 0 Å². The number of carbonyl (C=O) groups is 2. The van der Waals surface area contributed by atoms with Gasteiger partial charge in [-0.2, -0.15) is 18.2 Å². The topological polar surface area (TPSA) is 93.7 Å². The van der Waals surface area contributed by atoms with Crippen LogP contribution < -0.4 is 20.4 Å². The Morgan fingerprint density at radius 2 is 1.79 bits per heavy atom. The third-order valence-electron chi connectivity index (χ3n) is 6.54. The fraction of sp³-hybridized carbons (Fsp3) is 0.357. The molecule has 1 aliphatic heterocycles. The van der Waals surface area contributed by atoms with Crippen molar-refractivity contribution in [2.24, 2.45) is 0 Å². The molecule has 42 heavy (non-hydrogen) atoms. The van der Waals surface area contributed by atoms with Crippen molar-refractivity contribution in [3.8, 4) is 11.3 Å². The summed E-state index contributed by atoms with van der Waals surface area (Å²) in [5.74, 6) is -3.95. The third kappa shape index (κ3) is 6.12. The lowest BCUT2D eigenvalue weighted by atomic mass is 9.99. The van der Waals surface area contributed by atoms with Crippen LogP contribution in [0.3, 0.4) is 0 Å². The summed E-state index contributed by atoms with van der Waals surface area (Å²) < 4.78 is 69.7. The maximum Gasteiger partial charge on any atom is 0.471 e. The van der Waals surface area contributed by atoms with E-state index in [1.807, 2.05) is 19.0 Å². The number of carbonyl (C=O) groups excluding carboxylic acids is 2. The van der Waals surface area contributed by atoms with E-state index in [4.69, 9.17) is 0 Å². The van der Waals surface area contributed by atoms with Crippen molar-refractivity contribution < 1.29 is 31.5 Å². The third-order valence-corrected chi connectivity index (χ3v) is 6.54. The number of rotatable bonds is 8. The highest BCUT2D eigenvalue weighted by Gasteiger charge is 2.44. The molecule has 224 valence electrons. The number of anilines is 4. The minimum Gasteiger partial charge on any atom is -0.353 e. The summed E-state index contributed by atoms with van der Waals surface area (Å²) in [5.41, 5.74) is 0.958. The number of nitrogens with one attached hydrogen (secondary N) is 2. The highest BCUT2D eigenvalue weighted by atomic mass is 19.4. The Labute approximate surface area is 239 Å². The number of hydrogen-bond acceptors (Lipinski definition) is 6. The molecule has 0 bridgehead atoms. The maximum atomic E-state index is 14.9. The van der Waals surface area contributed by atoms with Crippen molar-refractivity contribution in [2.75, 3.05) is 42.3 Å². The number of benzene rings is 2. The number of nitrogens with zero attached hydrogens (tertiary/aromatic N) is 5. The average molecular weight is 592 g/mol. The van der Waals surface area contributed by atoms with Crippen molar-refractivity contribution in [3.63, 3.8) is 0 Å². The van der Waals surface area contributed by atoms with Crippen molar-refractivity contribution in [3.05, 3.63) is 59.2 Å². The zero-order valence-electron chi connectivity index (χ0n) is 23.6. The molecule has 2 N–H and O–H groups in total. The van der Waals surface area contributed by atoms with Gasteiger partial charge in [0.15, 0.2) is 5.82 Å². The monoisotopic (exact) mass is 591 g/mol. The minimum atomic E-state index is -5.07. The summed E-state index contributed by atoms with van der Waals surface area (Å²) in [7, 11) is 3.73. The normalized spacial score (nSPS) is 13.3. The fourth-order valence-corrected chi connectivity index (χ4v) is 4.61. The smallest absolute Gasteiger partial charge is 0.353 e. The van der Waals surface area contributed by atoms with Crippen LogP contribution in [0.5, 0.6) is 0 Å². The van der Waals surface area contributed by atoms with Crippen LogP contribution in [0.25, 0.3) is 11.3 Å². The summed E-state index contributed by atoms with van der Waals surface area (Å²) in [6, 6.07) is 5.93. The first kappa shape index (κ1) is 30.6. The fourth-order valence-electron chi connectivity index (χ4n) is 4.61. The van der Waals surface area contributed by atoms with Gasteiger partial charge in [-0.05, 0) is 64.7 Å². The molecule has 3 amide bonds. The van der Waals surface area contributed by atoms with Crippen molar-refractivity contribution >= 4 is 35.1 Å². The first-order valence-corrected chi connectivity index (χ1v) is 13.0. The van der Waals surface area contributed by atoms with E-state index in [0.29, 0.717) is 34.7 Å². The molecule has 14 heteroatoms. The lowest BCUT2D eigenvalue weighted by molar-refractivity contribution is -0.170. The van der Waals surface area contributed by atoms with Crippen LogP contribution in [0.4, 0.5) is 49.9 Å². The SMILES string of the molecule is Cc1cc(N(C(=O)C(F)(F)F)C(C)C)ccc1-c1nc(NCCN(C)C)nc2c1CNC(=O)N2c1c(F)cccc1F. The van der Waals surface area contributed by atoms with Gasteiger partial charge in [0, 0.05) is 35.9 Å². The lowest BCUT2D eigenvalue weighted by Gasteiger charge is -2.31. The largest absolute Gasteiger partial charge is 0.471 e. The molecular weight excluding hydrogens is 561 g/mol. The van der Waals surface area contributed by atoms with E-state index in [1.54, 1.807) is 6.92 Å². The van der Waals surface area contributed by atoms with Gasteiger partial charge in [0.1, 0.15) is 17.3 Å². The van der Waals surface area contributed by atoms with Crippen LogP contribution in [-0.2, 0) is 11.3 Å². The molecule has 3 aromatic rings. The molecule has 0 aliphatic carbocycles. The molecule has 2 heterocycles. The van der Waals surface area contributed by atoms with Gasteiger partial charge in [-0.3, -0.25) is 4.79 Å². The van der Waals surface area contributed by atoms with Gasteiger partial charge >= 0.3 is 18.1 Å². The molecule has 1 aliphatic rings. The van der Waals surface area contributed by atoms with Crippen molar-refractivity contribution in [1.82, 2.24) is 20.2 Å². The second kappa shape index (κ2) is 11.9. The van der Waals surface area contributed by atoms with Crippen LogP contribution in [0.15, 0.2) is 36.4 Å². The number of urea groups is 1. The predicted octanol–water partition coefficient (Wildman–Crippen LogP) is 5.37. The Bertz CT molecular complexity index is 1490. The first-order chi connectivity index (χ1) is 19.7. The van der Waals surface area contributed by atoms with E-state index in [0.717, 1.165) is 17.0 Å². The molecule has 0 radical (unpaired) electrons. The summed E-state index contributed by atoms with van der Waals surface area (Å²) in [5, 5.41) is 5.65. The van der Waals surface area contributed by atoms with Crippen LogP contribution in [0, 0.1) is 18.6 Å². The van der Waals surface area contributed by atoms with E-state index >= 15 is 0 Å². The number of aryl methyl sites for hydroxylation is 1. The molecule has 2 aromatic carbocycles. The van der Waals surface area contributed by atoms with Gasteiger partial charge < -0.3 is 20.4 Å². The molecule has 0 spiro atoms. The summed E-state index contributed by atoms with van der Waals surface area (Å²) in [6.07, 6.45) is -5.07. The molecule has 0 fully saturated rings. The lowest BCUT2D eigenvalue weighted by Crippen LogP contribution is -2.45. The number of fused-ring (bicyclic) bond motifs is 1. The van der Waals surface area contributed by atoms with Crippen LogP contribution in [0.2, 0.25) is 0 Å². The van der Waals surface area contributed by atoms with Gasteiger partial charge in [-0.1, -0.05) is 12.1 Å². The molecule has 1 aromatic heterocycles. The van der Waals surface area contributed by atoms with Gasteiger partial charge in [0.05, 0.1) is 12.2 Å². The van der Waals surface area contributed by atoms with E-state index in [2.05, 4.69) is 20.6 Å². The second-order valence-electron chi connectivity index (χ2n) is 10.3. The molecule has 0 atom stereocenters. The van der Waals surface area contributed by atoms with Gasteiger partial charge in [0.2, 0.25) is 5.95 Å². The second-order valence-corrected chi connectivity index (χ2v) is 10.3. The number of alkyl halides is 3. The van der Waals surface area contributed by atoms with E-state index < -0.39 is 41.5 Å². The van der Waals surface area contributed by atoms with Crippen LogP contribution in [-0.4, -0.2) is 66.2 Å². The Morgan fingerprint density at radius 1 is 1.12 bits per heavy atom. The zero-order chi connectivity index (χ0) is 30.9. The number of amides is 3. The quantitative estimate of drug-likeness (QED) is 0.343. The standard InChI is InChI=1S/C28H30F5N7O2/c1-15(2)39(25(41)28(31,32)33)17-9-10-18(16(3)13-17)22-19-14-35-27(42)40(23-20(29)7-6-8-21(23)30)24(19)37-26(36-22)34-11-12-38(4)5/h6-10,13,15H,11-12,14H2,1-5H3,(H,35,42)(H,34,36,37). The number of para-hydroxylation sites is 1. The molecule has 0 saturated carbocycles. The predicted molar refractivity (Wildman–Crippen MR) is 149 cm³/mol. The minimum absolute atomic E-state index is 0.0317. The Kier molecular flexibility index (Phi) is 8.66. The van der Waals surface area contributed by atoms with Gasteiger partial charge in [-0.15, -0.1) is 0 Å². The Balaban J connectivity index is 1.89. The summed E-state index contributed by atoms with van der Waals surface area (Å²) in [6.45, 7) is 5.48. The molecule has 0 unspecified atom stereocenters. The Morgan fingerprint density at radius 3 is 2.36 bits per heavy atom. The van der Waals surface area contributed by atoms with E-state index in [-0.39, 0.29) is 29.7 Å². The Hall–Kier alpha value is -4.33. The maximum absolute atomic E-state index is 14.9. The average Bonchev–Trinajstić information content (AvgIpc) is 2.88. The van der Waals surface area contributed by atoms with Crippen LogP contribution in [0.1, 0.15) is 25.0 Å². The van der Waals surface area contributed by atoms with Gasteiger partial charge in [-0.25, -0.2) is 23.5 Å². The highest BCUT2D eigenvalue weighted by Crippen LogP contribution is 2.40. The molecule has 4 rings (SSSR count). The van der Waals surface area contributed by atoms with Crippen molar-refractivity contribution in [2.45, 2.75) is 39.5 Å². The number of aromatic nitrogens is 2. The molecular formula is C28H30F5N7O2. The van der Waals surface area contributed by atoms with E-state index in [1.165, 1.54) is 38.1 Å². The summed E-state index contributed by atoms with van der Waals surface area (Å²) >= 11 is 0. The first-order valence-electron chi connectivity index (χ1n) is 13.0. The zero-order valence-corrected chi connectivity index (χ0v) is 23.6. The number of likely N-dealkylation sites (N-methyl/N-ethyl adjacent to an activating group) is 1. The van der Waals surface area contributed by atoms with E-state index in [9.17, 15) is 31.5 Å². The highest BCUT2D eigenvalue weighted by molar-refractivity contribution is 6.02. The number of halogens is 5. The number of hydrogen-bond donors (Lipinski definition) is 2. The van der Waals surface area contributed by atoms with Crippen LogP contribution >= 0.6 is 0 Å². The van der Waals surface area contributed by atoms with Gasteiger partial charge in [0.25, 0.3) is 0 Å². The molecule has 0 saturated heterocycles. The molecule has 9 nitrogen and oxygen atoms in total.